The van der Waals surface area contributed by atoms with Gasteiger partial charge in [-0.05, 0) is 58.4 Å². The van der Waals surface area contributed by atoms with Crippen molar-refractivity contribution in [3.05, 3.63) is 52.5 Å². The number of hydrogen-bond donors (Lipinski definition) is 0. The van der Waals surface area contributed by atoms with Gasteiger partial charge in [-0.1, -0.05) is 0 Å². The molecule has 0 saturated carbocycles. The third-order valence-electron chi connectivity index (χ3n) is 2.38. The predicted molar refractivity (Wildman–Crippen MR) is 72.6 cm³/mol. The summed E-state index contributed by atoms with van der Waals surface area (Å²) >= 11 is 3.41. The van der Waals surface area contributed by atoms with Crippen LogP contribution in [0.3, 0.4) is 0 Å². The van der Waals surface area contributed by atoms with E-state index in [0.717, 1.165) is 16.5 Å². The summed E-state index contributed by atoms with van der Waals surface area (Å²) in [5.74, 6) is 2.12. The minimum absolute atomic E-state index is 0.621. The summed E-state index contributed by atoms with van der Waals surface area (Å²) in [4.78, 5) is 10.5. The van der Waals surface area contributed by atoms with Crippen LogP contribution >= 0.6 is 15.9 Å². The van der Waals surface area contributed by atoms with E-state index in [1.807, 2.05) is 18.2 Å². The van der Waals surface area contributed by atoms with Gasteiger partial charge in [-0.15, -0.1) is 0 Å². The fourth-order valence-corrected chi connectivity index (χ4v) is 1.87. The van der Waals surface area contributed by atoms with E-state index in [9.17, 15) is 4.79 Å². The van der Waals surface area contributed by atoms with Crippen molar-refractivity contribution >= 4 is 22.2 Å². The lowest BCUT2D eigenvalue weighted by Gasteiger charge is -2.09. The van der Waals surface area contributed by atoms with Gasteiger partial charge >= 0.3 is 0 Å². The number of ether oxygens (including phenoxy) is 2. The molecule has 0 aliphatic rings. The monoisotopic (exact) mass is 306 g/mol. The second kappa shape index (κ2) is 5.69. The third-order valence-corrected chi connectivity index (χ3v) is 3.00. The van der Waals surface area contributed by atoms with Gasteiger partial charge in [-0.2, -0.15) is 0 Å². The second-order valence-electron chi connectivity index (χ2n) is 3.59. The Morgan fingerprint density at radius 3 is 2.28 bits per heavy atom. The van der Waals surface area contributed by atoms with Crippen molar-refractivity contribution in [2.45, 2.75) is 0 Å². The Kier molecular flexibility index (Phi) is 3.99. The zero-order chi connectivity index (χ0) is 13.0. The first kappa shape index (κ1) is 12.6. The van der Waals surface area contributed by atoms with Crippen LogP contribution in [0, 0.1) is 0 Å². The Bertz CT molecular complexity index is 549. The van der Waals surface area contributed by atoms with Gasteiger partial charge < -0.3 is 9.47 Å². The van der Waals surface area contributed by atoms with Gasteiger partial charge in [0.2, 0.25) is 0 Å². The van der Waals surface area contributed by atoms with E-state index in [0.29, 0.717) is 17.1 Å². The maximum atomic E-state index is 10.5. The quantitative estimate of drug-likeness (QED) is 0.799. The fourth-order valence-electron chi connectivity index (χ4n) is 1.43. The Morgan fingerprint density at radius 2 is 1.72 bits per heavy atom. The number of aldehydes is 1. The van der Waals surface area contributed by atoms with E-state index >= 15 is 0 Å². The number of benzene rings is 2. The van der Waals surface area contributed by atoms with Crippen LogP contribution in [-0.4, -0.2) is 13.4 Å². The van der Waals surface area contributed by atoms with Crippen LogP contribution in [0.5, 0.6) is 17.2 Å². The van der Waals surface area contributed by atoms with Crippen LogP contribution in [0.4, 0.5) is 0 Å². The topological polar surface area (TPSA) is 35.5 Å². The number of rotatable bonds is 4. The lowest BCUT2D eigenvalue weighted by molar-refractivity contribution is 0.112. The molecule has 0 saturated heterocycles. The zero-order valence-corrected chi connectivity index (χ0v) is 11.3. The SMILES string of the molecule is COc1ccc(Oc2ccc(C=O)cc2)c(Br)c1. The summed E-state index contributed by atoms with van der Waals surface area (Å²) in [7, 11) is 1.61. The normalized spacial score (nSPS) is 9.89. The Labute approximate surface area is 113 Å². The fraction of sp³-hybridized carbons (Fsp3) is 0.0714. The third kappa shape index (κ3) is 2.90. The minimum atomic E-state index is 0.621. The highest BCUT2D eigenvalue weighted by Crippen LogP contribution is 2.32. The Balaban J connectivity index is 2.19. The van der Waals surface area contributed by atoms with Gasteiger partial charge in [0.25, 0.3) is 0 Å². The summed E-state index contributed by atoms with van der Waals surface area (Å²) in [6.07, 6.45) is 0.799. The molecule has 0 aliphatic carbocycles. The second-order valence-corrected chi connectivity index (χ2v) is 4.44. The van der Waals surface area contributed by atoms with Crippen molar-refractivity contribution in [1.29, 1.82) is 0 Å². The molecule has 4 heteroatoms. The highest BCUT2D eigenvalue weighted by molar-refractivity contribution is 9.10. The molecule has 0 N–H and O–H groups in total. The number of hydrogen-bond acceptors (Lipinski definition) is 3. The van der Waals surface area contributed by atoms with Gasteiger partial charge in [0.15, 0.2) is 0 Å². The largest absolute Gasteiger partial charge is 0.497 e. The van der Waals surface area contributed by atoms with E-state index in [4.69, 9.17) is 9.47 Å². The first-order valence-corrected chi connectivity index (χ1v) is 6.09. The molecule has 0 fully saturated rings. The molecular formula is C14H11BrO3. The molecule has 0 heterocycles. The van der Waals surface area contributed by atoms with E-state index in [1.54, 1.807) is 31.4 Å². The number of halogens is 1. The average Bonchev–Trinajstić information content (AvgIpc) is 2.42. The van der Waals surface area contributed by atoms with E-state index in [1.165, 1.54) is 0 Å². The van der Waals surface area contributed by atoms with Gasteiger partial charge in [0.1, 0.15) is 23.5 Å². The maximum absolute atomic E-state index is 10.5. The van der Waals surface area contributed by atoms with Crippen molar-refractivity contribution in [1.82, 2.24) is 0 Å². The van der Waals surface area contributed by atoms with Crippen molar-refractivity contribution in [2.75, 3.05) is 7.11 Å². The zero-order valence-electron chi connectivity index (χ0n) is 9.72. The summed E-state index contributed by atoms with van der Waals surface area (Å²) in [5.41, 5.74) is 0.621. The molecular weight excluding hydrogens is 296 g/mol. The molecule has 0 aromatic heterocycles. The van der Waals surface area contributed by atoms with Crippen LogP contribution in [0.1, 0.15) is 10.4 Å². The van der Waals surface area contributed by atoms with Crippen LogP contribution in [0.25, 0.3) is 0 Å². The number of methoxy groups -OCH3 is 1. The van der Waals surface area contributed by atoms with E-state index in [-0.39, 0.29) is 0 Å². The summed E-state index contributed by atoms with van der Waals surface area (Å²) in [6, 6.07) is 12.4. The molecule has 2 aromatic rings. The predicted octanol–water partition coefficient (Wildman–Crippen LogP) is 4.06. The smallest absolute Gasteiger partial charge is 0.150 e. The molecule has 3 nitrogen and oxygen atoms in total. The van der Waals surface area contributed by atoms with Crippen LogP contribution < -0.4 is 9.47 Å². The van der Waals surface area contributed by atoms with E-state index < -0.39 is 0 Å². The van der Waals surface area contributed by atoms with Crippen molar-refractivity contribution in [2.24, 2.45) is 0 Å². The highest BCUT2D eigenvalue weighted by atomic mass is 79.9. The van der Waals surface area contributed by atoms with Crippen molar-refractivity contribution in [3.8, 4) is 17.2 Å². The molecule has 0 aliphatic heterocycles. The molecule has 0 unspecified atom stereocenters. The molecule has 92 valence electrons. The molecule has 0 amide bonds. The number of carbonyl (C=O) groups is 1. The first-order valence-electron chi connectivity index (χ1n) is 5.29. The molecule has 0 radical (unpaired) electrons. The van der Waals surface area contributed by atoms with Crippen LogP contribution in [0.2, 0.25) is 0 Å². The maximum Gasteiger partial charge on any atom is 0.150 e. The van der Waals surface area contributed by atoms with Gasteiger partial charge in [-0.25, -0.2) is 0 Å². The molecule has 18 heavy (non-hydrogen) atoms. The average molecular weight is 307 g/mol. The summed E-state index contributed by atoms with van der Waals surface area (Å²) in [6.45, 7) is 0. The Morgan fingerprint density at radius 1 is 1.06 bits per heavy atom. The van der Waals surface area contributed by atoms with Gasteiger partial charge in [0.05, 0.1) is 11.6 Å². The highest BCUT2D eigenvalue weighted by Gasteiger charge is 2.04. The van der Waals surface area contributed by atoms with Crippen molar-refractivity contribution < 1.29 is 14.3 Å². The Hall–Kier alpha value is -1.81. The lowest BCUT2D eigenvalue weighted by atomic mass is 10.2. The number of carbonyl (C=O) groups excluding carboxylic acids is 1. The summed E-state index contributed by atoms with van der Waals surface area (Å²) in [5, 5.41) is 0. The first-order chi connectivity index (χ1) is 8.72. The van der Waals surface area contributed by atoms with Crippen LogP contribution in [0.15, 0.2) is 46.9 Å². The standard InChI is InChI=1S/C14H11BrO3/c1-17-12-6-7-14(13(15)8-12)18-11-4-2-10(9-16)3-5-11/h2-9H,1H3. The van der Waals surface area contributed by atoms with E-state index in [2.05, 4.69) is 15.9 Å². The summed E-state index contributed by atoms with van der Waals surface area (Å²) < 4.78 is 11.6. The lowest BCUT2D eigenvalue weighted by Crippen LogP contribution is -1.88. The molecule has 2 aromatic carbocycles. The molecule has 0 spiro atoms. The molecule has 2 rings (SSSR count). The minimum Gasteiger partial charge on any atom is -0.497 e. The molecule has 0 bridgehead atoms. The van der Waals surface area contributed by atoms with Crippen LogP contribution in [-0.2, 0) is 0 Å². The molecule has 0 atom stereocenters. The van der Waals surface area contributed by atoms with Crippen molar-refractivity contribution in [3.63, 3.8) is 0 Å². The van der Waals surface area contributed by atoms with Gasteiger partial charge in [-0.3, -0.25) is 4.79 Å². The van der Waals surface area contributed by atoms with Gasteiger partial charge in [0, 0.05) is 5.56 Å².